The van der Waals surface area contributed by atoms with E-state index in [4.69, 9.17) is 10.5 Å². The van der Waals surface area contributed by atoms with Gasteiger partial charge in [0.05, 0.1) is 11.9 Å². The Morgan fingerprint density at radius 1 is 1.28 bits per heavy atom. The number of hydrogen-bond donors (Lipinski definition) is 2. The second kappa shape index (κ2) is 4.70. The van der Waals surface area contributed by atoms with Gasteiger partial charge in [-0.1, -0.05) is 17.7 Å². The zero-order chi connectivity index (χ0) is 13.1. The summed E-state index contributed by atoms with van der Waals surface area (Å²) in [6.07, 6.45) is 1.23. The van der Waals surface area contributed by atoms with Crippen molar-refractivity contribution >= 4 is 11.9 Å². The number of aryl methyl sites for hydroxylation is 1. The fourth-order valence-corrected chi connectivity index (χ4v) is 1.37. The van der Waals surface area contributed by atoms with E-state index in [1.165, 1.54) is 6.33 Å². The number of nitrogens with two attached hydrogens (primary N) is 1. The molecule has 6 heteroatoms. The Morgan fingerprint density at radius 2 is 1.94 bits per heavy atom. The average Bonchev–Trinajstić information content (AvgIpc) is 2.78. The number of primary amides is 1. The van der Waals surface area contributed by atoms with Gasteiger partial charge in [0.25, 0.3) is 11.8 Å². The largest absolute Gasteiger partial charge is 0.401 e. The van der Waals surface area contributed by atoms with E-state index in [9.17, 15) is 9.59 Å². The van der Waals surface area contributed by atoms with E-state index in [0.29, 0.717) is 5.56 Å². The van der Waals surface area contributed by atoms with Crippen LogP contribution in [0.5, 0.6) is 5.88 Å². The first-order valence-electron chi connectivity index (χ1n) is 5.20. The second-order valence-corrected chi connectivity index (χ2v) is 3.70. The molecule has 1 heterocycles. The summed E-state index contributed by atoms with van der Waals surface area (Å²) in [5, 5.41) is 0. The van der Waals surface area contributed by atoms with Crippen molar-refractivity contribution in [2.24, 2.45) is 5.73 Å². The third-order valence-electron chi connectivity index (χ3n) is 2.33. The zero-order valence-electron chi connectivity index (χ0n) is 9.64. The predicted octanol–water partition coefficient (Wildman–Crippen LogP) is 1.04. The van der Waals surface area contributed by atoms with E-state index in [0.717, 1.165) is 5.56 Å². The summed E-state index contributed by atoms with van der Waals surface area (Å²) in [5.41, 5.74) is 6.47. The number of benzene rings is 1. The van der Waals surface area contributed by atoms with Gasteiger partial charge < -0.3 is 15.5 Å². The molecule has 0 atom stereocenters. The molecule has 0 radical (unpaired) electrons. The molecule has 1 amide bonds. The summed E-state index contributed by atoms with van der Waals surface area (Å²) in [6, 6.07) is 6.84. The van der Waals surface area contributed by atoms with Gasteiger partial charge in [-0.25, -0.2) is 9.78 Å². The number of H-pyrrole nitrogens is 1. The molecule has 0 spiro atoms. The number of carbonyl (C=O) groups is 2. The predicted molar refractivity (Wildman–Crippen MR) is 63.2 cm³/mol. The van der Waals surface area contributed by atoms with Gasteiger partial charge in [-0.2, -0.15) is 0 Å². The van der Waals surface area contributed by atoms with E-state index in [2.05, 4.69) is 9.97 Å². The van der Waals surface area contributed by atoms with Crippen molar-refractivity contribution in [2.75, 3.05) is 0 Å². The average molecular weight is 245 g/mol. The summed E-state index contributed by atoms with van der Waals surface area (Å²) in [6.45, 7) is 1.91. The minimum Gasteiger partial charge on any atom is -0.401 e. The maximum Gasteiger partial charge on any atom is 0.344 e. The first-order valence-corrected chi connectivity index (χ1v) is 5.20. The molecule has 1 aromatic heterocycles. The summed E-state index contributed by atoms with van der Waals surface area (Å²) in [4.78, 5) is 29.0. The van der Waals surface area contributed by atoms with Crippen LogP contribution in [-0.2, 0) is 0 Å². The number of nitrogens with zero attached hydrogens (tertiary/aromatic N) is 1. The lowest BCUT2D eigenvalue weighted by Gasteiger charge is -2.02. The summed E-state index contributed by atoms with van der Waals surface area (Å²) in [7, 11) is 0. The van der Waals surface area contributed by atoms with Gasteiger partial charge in [0.1, 0.15) is 0 Å². The van der Waals surface area contributed by atoms with E-state index < -0.39 is 11.9 Å². The van der Waals surface area contributed by atoms with Crippen molar-refractivity contribution in [1.82, 2.24) is 9.97 Å². The molecule has 0 aliphatic rings. The van der Waals surface area contributed by atoms with Crippen LogP contribution in [-0.4, -0.2) is 21.8 Å². The third kappa shape index (κ3) is 2.37. The Bertz CT molecular complexity index is 587. The van der Waals surface area contributed by atoms with Crippen molar-refractivity contribution in [3.05, 3.63) is 47.4 Å². The van der Waals surface area contributed by atoms with Crippen molar-refractivity contribution in [2.45, 2.75) is 6.92 Å². The van der Waals surface area contributed by atoms with Crippen LogP contribution < -0.4 is 10.5 Å². The van der Waals surface area contributed by atoms with E-state index in [1.54, 1.807) is 24.3 Å². The van der Waals surface area contributed by atoms with Crippen molar-refractivity contribution in [1.29, 1.82) is 0 Å². The highest BCUT2D eigenvalue weighted by Gasteiger charge is 2.16. The highest BCUT2D eigenvalue weighted by molar-refractivity contribution is 5.96. The van der Waals surface area contributed by atoms with Gasteiger partial charge in [-0.3, -0.25) is 4.79 Å². The number of hydrogen-bond acceptors (Lipinski definition) is 4. The number of amides is 1. The van der Waals surface area contributed by atoms with Crippen LogP contribution in [0.25, 0.3) is 0 Å². The molecule has 6 nitrogen and oxygen atoms in total. The maximum atomic E-state index is 11.8. The number of rotatable bonds is 3. The number of aromatic amines is 1. The minimum atomic E-state index is -0.737. The Balaban J connectivity index is 2.19. The first-order chi connectivity index (χ1) is 8.58. The van der Waals surface area contributed by atoms with Crippen LogP contribution in [0.2, 0.25) is 0 Å². The number of imidazole rings is 1. The monoisotopic (exact) mass is 245 g/mol. The van der Waals surface area contributed by atoms with Gasteiger partial charge in [0.2, 0.25) is 0 Å². The van der Waals surface area contributed by atoms with Crippen molar-refractivity contribution in [3.8, 4) is 5.88 Å². The Hall–Kier alpha value is -2.63. The highest BCUT2D eigenvalue weighted by Crippen LogP contribution is 2.14. The van der Waals surface area contributed by atoms with Crippen LogP contribution in [0.1, 0.15) is 26.4 Å². The third-order valence-corrected chi connectivity index (χ3v) is 2.33. The Morgan fingerprint density at radius 3 is 2.56 bits per heavy atom. The fourth-order valence-electron chi connectivity index (χ4n) is 1.37. The van der Waals surface area contributed by atoms with Crippen LogP contribution in [0, 0.1) is 6.92 Å². The molecule has 0 saturated heterocycles. The Kier molecular flexibility index (Phi) is 3.09. The van der Waals surface area contributed by atoms with Crippen molar-refractivity contribution < 1.29 is 14.3 Å². The van der Waals surface area contributed by atoms with E-state index >= 15 is 0 Å². The highest BCUT2D eigenvalue weighted by atomic mass is 16.5. The summed E-state index contributed by atoms with van der Waals surface area (Å²) >= 11 is 0. The lowest BCUT2D eigenvalue weighted by Crippen LogP contribution is -2.16. The molecule has 3 N–H and O–H groups in total. The molecule has 2 rings (SSSR count). The molecular formula is C12H11N3O3. The van der Waals surface area contributed by atoms with Crippen LogP contribution in [0.15, 0.2) is 30.6 Å². The first kappa shape index (κ1) is 11.8. The van der Waals surface area contributed by atoms with Crippen LogP contribution in [0.3, 0.4) is 0 Å². The summed E-state index contributed by atoms with van der Waals surface area (Å²) < 4.78 is 4.99. The molecule has 0 aliphatic carbocycles. The molecule has 92 valence electrons. The summed E-state index contributed by atoms with van der Waals surface area (Å²) in [5.74, 6) is -1.45. The van der Waals surface area contributed by atoms with Crippen LogP contribution >= 0.6 is 0 Å². The molecule has 1 aromatic carbocycles. The lowest BCUT2D eigenvalue weighted by molar-refractivity contribution is 0.0726. The van der Waals surface area contributed by atoms with Gasteiger partial charge >= 0.3 is 5.97 Å². The molecule has 2 aromatic rings. The quantitative estimate of drug-likeness (QED) is 0.789. The molecule has 0 aliphatic heterocycles. The number of aromatic nitrogens is 2. The van der Waals surface area contributed by atoms with Gasteiger partial charge in [-0.15, -0.1) is 0 Å². The number of carbonyl (C=O) groups excluding carboxylic acids is 2. The van der Waals surface area contributed by atoms with Gasteiger partial charge in [-0.05, 0) is 19.1 Å². The maximum absolute atomic E-state index is 11.8. The number of ether oxygens (including phenoxy) is 1. The molecule has 18 heavy (non-hydrogen) atoms. The Labute approximate surface area is 103 Å². The van der Waals surface area contributed by atoms with Gasteiger partial charge in [0.15, 0.2) is 5.69 Å². The smallest absolute Gasteiger partial charge is 0.344 e. The van der Waals surface area contributed by atoms with Gasteiger partial charge in [0, 0.05) is 0 Å². The van der Waals surface area contributed by atoms with E-state index in [1.807, 2.05) is 6.92 Å². The van der Waals surface area contributed by atoms with Crippen LogP contribution in [0.4, 0.5) is 0 Å². The normalized spacial score (nSPS) is 10.1. The lowest BCUT2D eigenvalue weighted by atomic mass is 10.1. The number of nitrogens with one attached hydrogen (secondary N) is 1. The topological polar surface area (TPSA) is 98.1 Å². The fraction of sp³-hybridized carbons (Fsp3) is 0.0833. The standard InChI is InChI=1S/C12H11N3O3/c1-7-2-4-8(5-3-7)12(17)18-11-9(10(13)16)14-6-15-11/h2-6H,1H3,(H2,13,16)(H,14,15). The van der Waals surface area contributed by atoms with E-state index in [-0.39, 0.29) is 11.6 Å². The molecule has 0 bridgehead atoms. The van der Waals surface area contributed by atoms with Crippen molar-refractivity contribution in [3.63, 3.8) is 0 Å². The molecular weight excluding hydrogens is 234 g/mol. The molecule has 0 saturated carbocycles. The minimum absolute atomic E-state index is 0.0320. The molecule has 0 fully saturated rings. The molecule has 0 unspecified atom stereocenters. The number of esters is 1. The zero-order valence-corrected chi connectivity index (χ0v) is 9.64. The SMILES string of the molecule is Cc1ccc(C(=O)Oc2nc[nH]c2C(N)=O)cc1. The second-order valence-electron chi connectivity index (χ2n) is 3.70.